The molecule has 2 atom stereocenters. The highest BCUT2D eigenvalue weighted by molar-refractivity contribution is 5.27. The summed E-state index contributed by atoms with van der Waals surface area (Å²) in [6.07, 6.45) is -4.41. The minimum absolute atomic E-state index is 0.114. The number of hydrogen-bond acceptors (Lipinski definition) is 2. The van der Waals surface area contributed by atoms with Gasteiger partial charge in [-0.3, -0.25) is 0 Å². The Morgan fingerprint density at radius 2 is 1.71 bits per heavy atom. The van der Waals surface area contributed by atoms with Gasteiger partial charge in [0.15, 0.2) is 0 Å². The van der Waals surface area contributed by atoms with E-state index in [1.807, 2.05) is 6.92 Å². The summed E-state index contributed by atoms with van der Waals surface area (Å²) in [6, 6.07) is 4.99. The van der Waals surface area contributed by atoms with Crippen LogP contribution in [0.2, 0.25) is 0 Å². The Kier molecular flexibility index (Phi) is 4.54. The van der Waals surface area contributed by atoms with E-state index in [2.05, 4.69) is 5.32 Å². The molecular weight excluding hydrogens is 231 g/mol. The van der Waals surface area contributed by atoms with Gasteiger partial charge >= 0.3 is 6.18 Å². The molecular formula is C12H16F3NO. The zero-order chi connectivity index (χ0) is 13.1. The van der Waals surface area contributed by atoms with Crippen molar-refractivity contribution in [3.63, 3.8) is 0 Å². The number of benzene rings is 1. The molecule has 1 aromatic carbocycles. The van der Waals surface area contributed by atoms with Crippen LogP contribution in [0.5, 0.6) is 0 Å². The van der Waals surface area contributed by atoms with Crippen LogP contribution >= 0.6 is 0 Å². The molecule has 0 aliphatic heterocycles. The molecule has 1 N–H and O–H groups in total. The van der Waals surface area contributed by atoms with Gasteiger partial charge in [0, 0.05) is 7.11 Å². The maximum Gasteiger partial charge on any atom is 0.416 e. The molecule has 5 heteroatoms. The predicted molar refractivity (Wildman–Crippen MR) is 59.7 cm³/mol. The summed E-state index contributed by atoms with van der Waals surface area (Å²) in [4.78, 5) is 0. The summed E-state index contributed by atoms with van der Waals surface area (Å²) >= 11 is 0. The molecule has 1 aromatic rings. The Bertz CT molecular complexity index is 348. The first-order valence-corrected chi connectivity index (χ1v) is 5.27. The number of likely N-dealkylation sites (N-methyl/N-ethyl adjacent to an activating group) is 1. The molecule has 1 rings (SSSR count). The molecule has 17 heavy (non-hydrogen) atoms. The van der Waals surface area contributed by atoms with E-state index >= 15 is 0 Å². The number of ether oxygens (including phenoxy) is 1. The van der Waals surface area contributed by atoms with E-state index in [9.17, 15) is 13.2 Å². The maximum absolute atomic E-state index is 12.4. The molecule has 0 radical (unpaired) electrons. The fourth-order valence-electron chi connectivity index (χ4n) is 1.69. The van der Waals surface area contributed by atoms with E-state index in [0.29, 0.717) is 0 Å². The van der Waals surface area contributed by atoms with Crippen molar-refractivity contribution < 1.29 is 17.9 Å². The van der Waals surface area contributed by atoms with Gasteiger partial charge in [-0.15, -0.1) is 0 Å². The summed E-state index contributed by atoms with van der Waals surface area (Å²) in [7, 11) is 3.32. The smallest absolute Gasteiger partial charge is 0.380 e. The van der Waals surface area contributed by atoms with E-state index in [1.54, 1.807) is 14.2 Å². The second-order valence-electron chi connectivity index (χ2n) is 3.83. The van der Waals surface area contributed by atoms with E-state index in [1.165, 1.54) is 12.1 Å². The summed E-state index contributed by atoms with van der Waals surface area (Å²) in [5.74, 6) is 0. The molecule has 2 nitrogen and oxygen atoms in total. The van der Waals surface area contributed by atoms with Gasteiger partial charge in [0.2, 0.25) is 0 Å². The first-order valence-electron chi connectivity index (χ1n) is 5.27. The molecule has 0 spiro atoms. The molecule has 0 saturated carbocycles. The van der Waals surface area contributed by atoms with Crippen LogP contribution in [0.3, 0.4) is 0 Å². The van der Waals surface area contributed by atoms with Gasteiger partial charge in [-0.2, -0.15) is 13.2 Å². The van der Waals surface area contributed by atoms with Crippen molar-refractivity contribution in [1.29, 1.82) is 0 Å². The predicted octanol–water partition coefficient (Wildman–Crippen LogP) is 3.00. The number of halogens is 3. The lowest BCUT2D eigenvalue weighted by Crippen LogP contribution is -2.28. The van der Waals surface area contributed by atoms with Gasteiger partial charge in [0.25, 0.3) is 0 Å². The Hall–Kier alpha value is -1.07. The Labute approximate surface area is 98.8 Å². The standard InChI is InChI=1S/C12H16F3NO/c1-8(17-3)11(16-2)9-4-6-10(7-5-9)12(13,14)15/h4-8,11,16H,1-3H3. The second kappa shape index (κ2) is 5.51. The van der Waals surface area contributed by atoms with Crippen molar-refractivity contribution in [2.24, 2.45) is 0 Å². The topological polar surface area (TPSA) is 21.3 Å². The van der Waals surface area contributed by atoms with Gasteiger partial charge in [-0.25, -0.2) is 0 Å². The molecule has 0 aliphatic carbocycles. The van der Waals surface area contributed by atoms with Gasteiger partial charge in [0.05, 0.1) is 17.7 Å². The van der Waals surface area contributed by atoms with Crippen LogP contribution in [0, 0.1) is 0 Å². The van der Waals surface area contributed by atoms with Gasteiger partial charge in [0.1, 0.15) is 0 Å². The minimum Gasteiger partial charge on any atom is -0.380 e. The third-order valence-corrected chi connectivity index (χ3v) is 2.75. The van der Waals surface area contributed by atoms with Crippen molar-refractivity contribution in [2.45, 2.75) is 25.2 Å². The summed E-state index contributed by atoms with van der Waals surface area (Å²) in [6.45, 7) is 1.86. The highest BCUT2D eigenvalue weighted by Gasteiger charge is 2.30. The van der Waals surface area contributed by atoms with Crippen LogP contribution in [0.4, 0.5) is 13.2 Å². The molecule has 0 fully saturated rings. The number of nitrogens with one attached hydrogen (secondary N) is 1. The van der Waals surface area contributed by atoms with Crippen molar-refractivity contribution in [3.8, 4) is 0 Å². The molecule has 96 valence electrons. The van der Waals surface area contributed by atoms with Crippen LogP contribution in [-0.4, -0.2) is 20.3 Å². The van der Waals surface area contributed by atoms with E-state index in [4.69, 9.17) is 4.74 Å². The average molecular weight is 247 g/mol. The fraction of sp³-hybridized carbons (Fsp3) is 0.500. The number of rotatable bonds is 4. The normalized spacial score (nSPS) is 15.6. The van der Waals surface area contributed by atoms with Gasteiger partial charge in [-0.1, -0.05) is 12.1 Å². The third-order valence-electron chi connectivity index (χ3n) is 2.75. The van der Waals surface area contributed by atoms with Gasteiger partial charge in [-0.05, 0) is 31.7 Å². The first kappa shape index (κ1) is 14.0. The lowest BCUT2D eigenvalue weighted by molar-refractivity contribution is -0.137. The summed E-state index contributed by atoms with van der Waals surface area (Å²) < 4.78 is 42.3. The quantitative estimate of drug-likeness (QED) is 0.883. The molecule has 0 amide bonds. The zero-order valence-electron chi connectivity index (χ0n) is 10.0. The van der Waals surface area contributed by atoms with Crippen molar-refractivity contribution >= 4 is 0 Å². The molecule has 0 bridgehead atoms. The molecule has 0 saturated heterocycles. The lowest BCUT2D eigenvalue weighted by Gasteiger charge is -2.23. The van der Waals surface area contributed by atoms with E-state index in [-0.39, 0.29) is 12.1 Å². The van der Waals surface area contributed by atoms with Crippen LogP contribution in [0.15, 0.2) is 24.3 Å². The number of alkyl halides is 3. The Balaban J connectivity index is 2.93. The Morgan fingerprint density at radius 3 is 2.06 bits per heavy atom. The largest absolute Gasteiger partial charge is 0.416 e. The third kappa shape index (κ3) is 3.44. The lowest BCUT2D eigenvalue weighted by atomic mass is 10.0. The minimum atomic E-state index is -4.29. The summed E-state index contributed by atoms with van der Waals surface area (Å²) in [5, 5.41) is 3.02. The van der Waals surface area contributed by atoms with Crippen LogP contribution in [-0.2, 0) is 10.9 Å². The number of hydrogen-bond donors (Lipinski definition) is 1. The molecule has 0 aliphatic rings. The van der Waals surface area contributed by atoms with Gasteiger partial charge < -0.3 is 10.1 Å². The summed E-state index contributed by atoms with van der Waals surface area (Å²) in [5.41, 5.74) is 0.135. The highest BCUT2D eigenvalue weighted by Crippen LogP contribution is 2.30. The van der Waals surface area contributed by atoms with Crippen molar-refractivity contribution in [2.75, 3.05) is 14.2 Å². The maximum atomic E-state index is 12.4. The molecule has 2 unspecified atom stereocenters. The molecule has 0 heterocycles. The second-order valence-corrected chi connectivity index (χ2v) is 3.83. The SMILES string of the molecule is CNC(c1ccc(C(F)(F)F)cc1)C(C)OC. The molecule has 0 aromatic heterocycles. The average Bonchev–Trinajstić information content (AvgIpc) is 2.29. The van der Waals surface area contributed by atoms with Crippen molar-refractivity contribution in [3.05, 3.63) is 35.4 Å². The number of methoxy groups -OCH3 is 1. The van der Waals surface area contributed by atoms with Crippen LogP contribution in [0.1, 0.15) is 24.1 Å². The van der Waals surface area contributed by atoms with E-state index in [0.717, 1.165) is 17.7 Å². The van der Waals surface area contributed by atoms with E-state index < -0.39 is 11.7 Å². The zero-order valence-corrected chi connectivity index (χ0v) is 10.0. The van der Waals surface area contributed by atoms with Crippen LogP contribution < -0.4 is 5.32 Å². The van der Waals surface area contributed by atoms with Crippen molar-refractivity contribution in [1.82, 2.24) is 5.32 Å². The first-order chi connectivity index (χ1) is 7.90. The fourth-order valence-corrected chi connectivity index (χ4v) is 1.69. The Morgan fingerprint density at radius 1 is 1.18 bits per heavy atom. The highest BCUT2D eigenvalue weighted by atomic mass is 19.4. The van der Waals surface area contributed by atoms with Crippen LogP contribution in [0.25, 0.3) is 0 Å². The monoisotopic (exact) mass is 247 g/mol.